The zero-order chi connectivity index (χ0) is 18.6. The van der Waals surface area contributed by atoms with Crippen LogP contribution in [0.1, 0.15) is 18.5 Å². The minimum absolute atomic E-state index is 0.0616. The molecule has 2 rings (SSSR count). The molecule has 0 spiro atoms. The van der Waals surface area contributed by atoms with Crippen molar-refractivity contribution < 1.29 is 27.6 Å². The van der Waals surface area contributed by atoms with Crippen LogP contribution in [0.15, 0.2) is 36.4 Å². The summed E-state index contributed by atoms with van der Waals surface area (Å²) in [4.78, 5) is 21.9. The quantitative estimate of drug-likeness (QED) is 0.638. The van der Waals surface area contributed by atoms with Crippen LogP contribution in [0, 0.1) is 27.6 Å². The second-order valence-electron chi connectivity index (χ2n) is 5.11. The molecule has 0 fully saturated rings. The van der Waals surface area contributed by atoms with E-state index in [1.807, 2.05) is 0 Å². The van der Waals surface area contributed by atoms with E-state index in [-0.39, 0.29) is 5.56 Å². The Balaban J connectivity index is 2.01. The maximum Gasteiger partial charge on any atom is 0.311 e. The number of nitro benzene ring substituents is 1. The van der Waals surface area contributed by atoms with E-state index in [0.29, 0.717) is 6.07 Å². The fraction of sp³-hybridized carbons (Fsp3) is 0.188. The Morgan fingerprint density at radius 3 is 2.48 bits per heavy atom. The monoisotopic (exact) mass is 354 g/mol. The van der Waals surface area contributed by atoms with Crippen LogP contribution in [0.5, 0.6) is 5.75 Å². The summed E-state index contributed by atoms with van der Waals surface area (Å²) in [6, 6.07) is 4.73. The van der Waals surface area contributed by atoms with E-state index in [4.69, 9.17) is 4.74 Å². The molecule has 6 nitrogen and oxygen atoms in total. The number of rotatable bonds is 6. The van der Waals surface area contributed by atoms with Gasteiger partial charge in [0.2, 0.25) is 5.75 Å². The fourth-order valence-corrected chi connectivity index (χ4v) is 2.11. The topological polar surface area (TPSA) is 81.5 Å². The average Bonchev–Trinajstić information content (AvgIpc) is 2.52. The summed E-state index contributed by atoms with van der Waals surface area (Å²) in [6.07, 6.45) is 0. The zero-order valence-electron chi connectivity index (χ0n) is 13.0. The number of nitrogens with zero attached hydrogens (tertiary/aromatic N) is 1. The molecule has 2 aromatic rings. The molecule has 0 aliphatic heterocycles. The molecule has 25 heavy (non-hydrogen) atoms. The second-order valence-corrected chi connectivity index (χ2v) is 5.11. The van der Waals surface area contributed by atoms with Crippen molar-refractivity contribution in [2.24, 2.45) is 0 Å². The number of hydrogen-bond acceptors (Lipinski definition) is 4. The maximum atomic E-state index is 13.6. The van der Waals surface area contributed by atoms with Crippen LogP contribution in [0.4, 0.5) is 18.9 Å². The molecule has 2 aromatic carbocycles. The van der Waals surface area contributed by atoms with Gasteiger partial charge in [-0.2, -0.15) is 0 Å². The van der Waals surface area contributed by atoms with Gasteiger partial charge in [-0.3, -0.25) is 14.9 Å². The number of nitrogens with one attached hydrogen (secondary N) is 1. The standard InChI is InChI=1S/C16H13F3N2O4/c1-9(12-4-2-10(17)6-13(12)19)20-16(22)8-25-15-7-11(18)3-5-14(15)21(23)24/h2-7,9H,8H2,1H3,(H,20,22)/t9-/m0/s1. The van der Waals surface area contributed by atoms with Crippen molar-refractivity contribution in [2.75, 3.05) is 6.61 Å². The first-order valence-corrected chi connectivity index (χ1v) is 7.09. The molecular formula is C16H13F3N2O4. The summed E-state index contributed by atoms with van der Waals surface area (Å²) in [6.45, 7) is 0.830. The lowest BCUT2D eigenvalue weighted by Gasteiger charge is -2.15. The molecule has 1 amide bonds. The van der Waals surface area contributed by atoms with Gasteiger partial charge in [-0.25, -0.2) is 13.2 Å². The van der Waals surface area contributed by atoms with Crippen molar-refractivity contribution in [1.82, 2.24) is 5.32 Å². The van der Waals surface area contributed by atoms with Crippen molar-refractivity contribution in [1.29, 1.82) is 0 Å². The van der Waals surface area contributed by atoms with Crippen LogP contribution < -0.4 is 10.1 Å². The van der Waals surface area contributed by atoms with Crippen molar-refractivity contribution >= 4 is 11.6 Å². The number of ether oxygens (including phenoxy) is 1. The predicted molar refractivity (Wildman–Crippen MR) is 81.5 cm³/mol. The molecule has 0 bridgehead atoms. The molecule has 0 unspecified atom stereocenters. The van der Waals surface area contributed by atoms with E-state index < -0.39 is 52.4 Å². The lowest BCUT2D eigenvalue weighted by molar-refractivity contribution is -0.385. The Labute approximate surface area is 140 Å². The minimum atomic E-state index is -0.825. The number of halogens is 3. The Kier molecular flexibility index (Phi) is 5.58. The van der Waals surface area contributed by atoms with Crippen LogP contribution >= 0.6 is 0 Å². The van der Waals surface area contributed by atoms with Crippen LogP contribution in [0.2, 0.25) is 0 Å². The first-order valence-electron chi connectivity index (χ1n) is 7.09. The Morgan fingerprint density at radius 1 is 1.20 bits per heavy atom. The summed E-state index contributed by atoms with van der Waals surface area (Å²) >= 11 is 0. The number of carbonyl (C=O) groups excluding carboxylic acids is 1. The Hall–Kier alpha value is -3.10. The number of hydrogen-bond donors (Lipinski definition) is 1. The van der Waals surface area contributed by atoms with Gasteiger partial charge in [-0.05, 0) is 19.1 Å². The Morgan fingerprint density at radius 2 is 1.84 bits per heavy atom. The number of amides is 1. The highest BCUT2D eigenvalue weighted by molar-refractivity contribution is 5.78. The van der Waals surface area contributed by atoms with Crippen LogP contribution in [-0.2, 0) is 4.79 Å². The SMILES string of the molecule is C[C@H](NC(=O)COc1cc(F)ccc1[N+](=O)[O-])c1ccc(F)cc1F. The molecular weight excluding hydrogens is 341 g/mol. The third-order valence-corrected chi connectivity index (χ3v) is 3.28. The molecule has 1 N–H and O–H groups in total. The highest BCUT2D eigenvalue weighted by Crippen LogP contribution is 2.27. The van der Waals surface area contributed by atoms with Crippen molar-refractivity contribution in [3.05, 3.63) is 69.5 Å². The Bertz CT molecular complexity index is 814. The summed E-state index contributed by atoms with van der Waals surface area (Å²) < 4.78 is 44.7. The second kappa shape index (κ2) is 7.65. The van der Waals surface area contributed by atoms with E-state index in [9.17, 15) is 28.1 Å². The largest absolute Gasteiger partial charge is 0.477 e. The van der Waals surface area contributed by atoms with Gasteiger partial charge in [0.25, 0.3) is 5.91 Å². The van der Waals surface area contributed by atoms with E-state index in [1.165, 1.54) is 13.0 Å². The van der Waals surface area contributed by atoms with Crippen molar-refractivity contribution in [3.8, 4) is 5.75 Å². The third-order valence-electron chi connectivity index (χ3n) is 3.28. The van der Waals surface area contributed by atoms with Crippen LogP contribution in [0.3, 0.4) is 0 Å². The highest BCUT2D eigenvalue weighted by Gasteiger charge is 2.19. The first-order chi connectivity index (χ1) is 11.8. The molecule has 0 aliphatic carbocycles. The van der Waals surface area contributed by atoms with E-state index in [0.717, 1.165) is 24.3 Å². The number of carbonyl (C=O) groups is 1. The van der Waals surface area contributed by atoms with Gasteiger partial charge in [0.15, 0.2) is 6.61 Å². The lowest BCUT2D eigenvalue weighted by Crippen LogP contribution is -2.31. The zero-order valence-corrected chi connectivity index (χ0v) is 13.0. The molecule has 0 saturated heterocycles. The molecule has 0 saturated carbocycles. The van der Waals surface area contributed by atoms with E-state index >= 15 is 0 Å². The lowest BCUT2D eigenvalue weighted by atomic mass is 10.1. The number of nitro groups is 1. The summed E-state index contributed by atoms with van der Waals surface area (Å²) in [7, 11) is 0. The van der Waals surface area contributed by atoms with E-state index in [2.05, 4.69) is 5.32 Å². The summed E-state index contributed by atoms with van der Waals surface area (Å²) in [5.41, 5.74) is -0.432. The van der Waals surface area contributed by atoms with Gasteiger partial charge < -0.3 is 10.1 Å². The average molecular weight is 354 g/mol. The molecule has 1 atom stereocenters. The van der Waals surface area contributed by atoms with Gasteiger partial charge in [-0.1, -0.05) is 6.07 Å². The van der Waals surface area contributed by atoms with Crippen molar-refractivity contribution in [3.63, 3.8) is 0 Å². The molecule has 132 valence electrons. The molecule has 0 aromatic heterocycles. The summed E-state index contributed by atoms with van der Waals surface area (Å²) in [5, 5.41) is 13.2. The highest BCUT2D eigenvalue weighted by atomic mass is 19.1. The maximum absolute atomic E-state index is 13.6. The molecule has 0 aliphatic rings. The molecule has 0 radical (unpaired) electrons. The van der Waals surface area contributed by atoms with Gasteiger partial charge in [0, 0.05) is 23.8 Å². The minimum Gasteiger partial charge on any atom is -0.477 e. The fourth-order valence-electron chi connectivity index (χ4n) is 2.11. The number of benzene rings is 2. The third kappa shape index (κ3) is 4.69. The molecule has 0 heterocycles. The van der Waals surface area contributed by atoms with Gasteiger partial charge >= 0.3 is 5.69 Å². The molecule has 9 heteroatoms. The van der Waals surface area contributed by atoms with Gasteiger partial charge in [-0.15, -0.1) is 0 Å². The normalized spacial score (nSPS) is 11.7. The van der Waals surface area contributed by atoms with E-state index in [1.54, 1.807) is 0 Å². The first kappa shape index (κ1) is 18.2. The van der Waals surface area contributed by atoms with Gasteiger partial charge in [0.05, 0.1) is 11.0 Å². The van der Waals surface area contributed by atoms with Crippen LogP contribution in [-0.4, -0.2) is 17.4 Å². The van der Waals surface area contributed by atoms with Crippen molar-refractivity contribution in [2.45, 2.75) is 13.0 Å². The summed E-state index contributed by atoms with van der Waals surface area (Å²) in [5.74, 6) is -3.45. The van der Waals surface area contributed by atoms with Gasteiger partial charge in [0.1, 0.15) is 17.5 Å². The van der Waals surface area contributed by atoms with Crippen LogP contribution in [0.25, 0.3) is 0 Å². The predicted octanol–water partition coefficient (Wildman–Crippen LogP) is 3.27. The smallest absolute Gasteiger partial charge is 0.311 e.